The highest BCUT2D eigenvalue weighted by molar-refractivity contribution is 6.01. The normalized spacial score (nSPS) is 11.3. The van der Waals surface area contributed by atoms with E-state index in [-0.39, 0.29) is 11.4 Å². The molecular formula is C29H28FN7O2. The summed E-state index contributed by atoms with van der Waals surface area (Å²) >= 11 is 0. The number of halogens is 1. The number of benzene rings is 2. The summed E-state index contributed by atoms with van der Waals surface area (Å²) < 4.78 is 23.3. The third-order valence-corrected chi connectivity index (χ3v) is 5.83. The molecule has 0 aliphatic heterocycles. The average Bonchev–Trinajstić information content (AvgIpc) is 3.52. The first-order valence-electron chi connectivity index (χ1n) is 12.3. The lowest BCUT2D eigenvalue weighted by Crippen LogP contribution is -2.22. The van der Waals surface area contributed by atoms with Gasteiger partial charge in [-0.05, 0) is 63.2 Å². The van der Waals surface area contributed by atoms with E-state index in [0.29, 0.717) is 34.1 Å². The number of nitrogens with zero attached hydrogens (tertiary/aromatic N) is 5. The summed E-state index contributed by atoms with van der Waals surface area (Å²) in [6, 6.07) is 16.3. The number of aromatic nitrogens is 5. The van der Waals surface area contributed by atoms with Gasteiger partial charge in [-0.3, -0.25) is 14.3 Å². The molecular weight excluding hydrogens is 497 g/mol. The molecule has 0 saturated carbocycles. The molecule has 0 atom stereocenters. The van der Waals surface area contributed by atoms with Crippen molar-refractivity contribution in [3.63, 3.8) is 0 Å². The maximum Gasteiger partial charge on any atom is 0.323 e. The Morgan fingerprint density at radius 3 is 2.44 bits per heavy atom. The Labute approximate surface area is 225 Å². The molecule has 2 aromatic carbocycles. The van der Waals surface area contributed by atoms with Crippen molar-refractivity contribution in [3.05, 3.63) is 91.3 Å². The average molecular weight is 526 g/mol. The zero-order valence-corrected chi connectivity index (χ0v) is 22.0. The molecule has 2 N–H and O–H groups in total. The molecule has 0 aliphatic carbocycles. The van der Waals surface area contributed by atoms with Crippen LogP contribution in [0.1, 0.15) is 20.8 Å². The quantitative estimate of drug-likeness (QED) is 0.258. The molecule has 2 amide bonds. The maximum atomic E-state index is 13.9. The Balaban J connectivity index is 1.27. The molecule has 0 fully saturated rings. The number of hydrogen-bond donors (Lipinski definition) is 2. The molecule has 5 rings (SSSR count). The molecule has 0 bridgehead atoms. The predicted octanol–water partition coefficient (Wildman–Crippen LogP) is 6.68. The van der Waals surface area contributed by atoms with Crippen LogP contribution in [0, 0.1) is 5.82 Å². The second-order valence-electron chi connectivity index (χ2n) is 10.0. The van der Waals surface area contributed by atoms with Gasteiger partial charge in [-0.2, -0.15) is 10.2 Å². The Hall–Kier alpha value is -4.99. The van der Waals surface area contributed by atoms with Gasteiger partial charge in [0, 0.05) is 48.5 Å². The van der Waals surface area contributed by atoms with Crippen LogP contribution in [-0.4, -0.2) is 30.6 Å². The van der Waals surface area contributed by atoms with E-state index in [2.05, 4.69) is 25.8 Å². The molecule has 0 spiro atoms. The lowest BCUT2D eigenvalue weighted by Gasteiger charge is -2.18. The van der Waals surface area contributed by atoms with E-state index in [1.54, 1.807) is 70.4 Å². The van der Waals surface area contributed by atoms with Crippen molar-refractivity contribution in [3.8, 4) is 34.0 Å². The smallest absolute Gasteiger partial charge is 0.323 e. The highest BCUT2D eigenvalue weighted by Gasteiger charge is 2.20. The molecule has 3 aromatic heterocycles. The SMILES string of the molecule is Cn1cc(-c2cc(Oc3ccc(NC(=O)Nc4cn(C(C)(C)C)nc4-c4cccc(F)c4)cc3)ccn2)cn1. The summed E-state index contributed by atoms with van der Waals surface area (Å²) in [5, 5.41) is 14.5. The third kappa shape index (κ3) is 6.12. The zero-order valence-electron chi connectivity index (χ0n) is 22.0. The van der Waals surface area contributed by atoms with Gasteiger partial charge >= 0.3 is 6.03 Å². The van der Waals surface area contributed by atoms with Crippen LogP contribution >= 0.6 is 0 Å². The first kappa shape index (κ1) is 25.7. The largest absolute Gasteiger partial charge is 0.457 e. The molecule has 9 nitrogen and oxygen atoms in total. The molecule has 10 heteroatoms. The summed E-state index contributed by atoms with van der Waals surface area (Å²) in [7, 11) is 1.85. The van der Waals surface area contributed by atoms with E-state index < -0.39 is 6.03 Å². The number of ether oxygens (including phenoxy) is 1. The zero-order chi connectivity index (χ0) is 27.6. The second-order valence-corrected chi connectivity index (χ2v) is 10.0. The number of nitrogens with one attached hydrogen (secondary N) is 2. The number of pyridine rings is 1. The lowest BCUT2D eigenvalue weighted by molar-refractivity contribution is 0.262. The first-order valence-corrected chi connectivity index (χ1v) is 12.3. The number of carbonyl (C=O) groups excluding carboxylic acids is 1. The Morgan fingerprint density at radius 1 is 0.949 bits per heavy atom. The first-order chi connectivity index (χ1) is 18.6. The number of anilines is 2. The highest BCUT2D eigenvalue weighted by Crippen LogP contribution is 2.30. The summed E-state index contributed by atoms with van der Waals surface area (Å²) in [4.78, 5) is 17.2. The van der Waals surface area contributed by atoms with Crippen LogP contribution in [0.15, 0.2) is 85.5 Å². The number of amides is 2. The van der Waals surface area contributed by atoms with Crippen LogP contribution in [0.5, 0.6) is 11.5 Å². The number of carbonyl (C=O) groups is 1. The van der Waals surface area contributed by atoms with Gasteiger partial charge in [-0.15, -0.1) is 0 Å². The molecule has 0 unspecified atom stereocenters. The van der Waals surface area contributed by atoms with Crippen molar-refractivity contribution in [2.45, 2.75) is 26.3 Å². The van der Waals surface area contributed by atoms with Crippen molar-refractivity contribution < 1.29 is 13.9 Å². The van der Waals surface area contributed by atoms with Gasteiger partial charge in [0.1, 0.15) is 23.0 Å². The van der Waals surface area contributed by atoms with Gasteiger partial charge in [-0.1, -0.05) is 12.1 Å². The van der Waals surface area contributed by atoms with E-state index >= 15 is 0 Å². The van der Waals surface area contributed by atoms with Gasteiger partial charge in [-0.25, -0.2) is 9.18 Å². The fourth-order valence-corrected chi connectivity index (χ4v) is 3.87. The van der Waals surface area contributed by atoms with Crippen molar-refractivity contribution >= 4 is 17.4 Å². The van der Waals surface area contributed by atoms with Gasteiger partial charge in [0.2, 0.25) is 0 Å². The molecule has 0 aliphatic rings. The van der Waals surface area contributed by atoms with E-state index in [0.717, 1.165) is 11.3 Å². The van der Waals surface area contributed by atoms with Gasteiger partial charge in [0.25, 0.3) is 0 Å². The number of rotatable bonds is 6. The van der Waals surface area contributed by atoms with Crippen LogP contribution in [0.2, 0.25) is 0 Å². The minimum Gasteiger partial charge on any atom is -0.457 e. The lowest BCUT2D eigenvalue weighted by atomic mass is 10.1. The van der Waals surface area contributed by atoms with E-state index in [9.17, 15) is 9.18 Å². The van der Waals surface area contributed by atoms with Crippen LogP contribution in [0.4, 0.5) is 20.6 Å². The summed E-state index contributed by atoms with van der Waals surface area (Å²) in [5.41, 5.74) is 3.40. The minimum atomic E-state index is -0.454. The number of hydrogen-bond acceptors (Lipinski definition) is 5. The highest BCUT2D eigenvalue weighted by atomic mass is 19.1. The summed E-state index contributed by atoms with van der Waals surface area (Å²) in [6.45, 7) is 5.98. The predicted molar refractivity (Wildman–Crippen MR) is 148 cm³/mol. The topological polar surface area (TPSA) is 98.9 Å². The summed E-state index contributed by atoms with van der Waals surface area (Å²) in [6.07, 6.45) is 7.04. The third-order valence-electron chi connectivity index (χ3n) is 5.83. The molecule has 3 heterocycles. The van der Waals surface area contributed by atoms with E-state index in [1.165, 1.54) is 12.1 Å². The van der Waals surface area contributed by atoms with Crippen LogP contribution in [-0.2, 0) is 12.6 Å². The molecule has 0 saturated heterocycles. The van der Waals surface area contributed by atoms with Crippen LogP contribution in [0.25, 0.3) is 22.5 Å². The monoisotopic (exact) mass is 525 g/mol. The van der Waals surface area contributed by atoms with Crippen molar-refractivity contribution in [2.75, 3.05) is 10.6 Å². The maximum absolute atomic E-state index is 13.9. The van der Waals surface area contributed by atoms with Crippen molar-refractivity contribution in [1.82, 2.24) is 24.5 Å². The van der Waals surface area contributed by atoms with Crippen molar-refractivity contribution in [1.29, 1.82) is 0 Å². The van der Waals surface area contributed by atoms with Gasteiger partial charge in [0.05, 0.1) is 23.1 Å². The Bertz CT molecular complexity index is 1620. The number of urea groups is 1. The number of aryl methyl sites for hydroxylation is 1. The molecule has 198 valence electrons. The van der Waals surface area contributed by atoms with Crippen LogP contribution < -0.4 is 15.4 Å². The minimum absolute atomic E-state index is 0.331. The van der Waals surface area contributed by atoms with E-state index in [4.69, 9.17) is 4.74 Å². The Morgan fingerprint density at radius 2 is 1.74 bits per heavy atom. The van der Waals surface area contributed by atoms with Crippen LogP contribution in [0.3, 0.4) is 0 Å². The Kier molecular flexibility index (Phi) is 6.84. The van der Waals surface area contributed by atoms with Gasteiger partial charge < -0.3 is 15.4 Å². The second kappa shape index (κ2) is 10.4. The molecule has 39 heavy (non-hydrogen) atoms. The summed E-state index contributed by atoms with van der Waals surface area (Å²) in [5.74, 6) is 0.850. The standard InChI is InChI=1S/C29H28FN7O2/c1-29(2,3)37-18-26(27(35-37)19-6-5-7-21(30)14-19)34-28(38)33-22-8-10-23(11-9-22)39-24-12-13-31-25(15-24)20-16-32-36(4)17-20/h5-18H,1-4H3,(H2,33,34,38). The molecule has 5 aromatic rings. The van der Waals surface area contributed by atoms with E-state index in [1.807, 2.05) is 40.1 Å². The fraction of sp³-hybridized carbons (Fsp3) is 0.172. The molecule has 0 radical (unpaired) electrons. The van der Waals surface area contributed by atoms with Crippen molar-refractivity contribution in [2.24, 2.45) is 7.05 Å². The fourth-order valence-electron chi connectivity index (χ4n) is 3.87. The van der Waals surface area contributed by atoms with Gasteiger partial charge in [0.15, 0.2) is 0 Å².